The predicted octanol–water partition coefficient (Wildman–Crippen LogP) is 1.16. The van der Waals surface area contributed by atoms with Crippen LogP contribution in [0.2, 0.25) is 0 Å². The minimum atomic E-state index is -0.908. The van der Waals surface area contributed by atoms with E-state index in [0.717, 1.165) is 0 Å². The molecule has 106 valence electrons. The minimum absolute atomic E-state index is 0.0642. The zero-order chi connectivity index (χ0) is 14.1. The topological polar surface area (TPSA) is 78.9 Å². The second-order valence-corrected chi connectivity index (χ2v) is 4.47. The van der Waals surface area contributed by atoms with Gasteiger partial charge in [0.15, 0.2) is 0 Å². The van der Waals surface area contributed by atoms with Crippen LogP contribution in [-0.4, -0.2) is 54.9 Å². The first-order valence-electron chi connectivity index (χ1n) is 6.18. The molecule has 0 aromatic rings. The normalized spacial score (nSPS) is 12.3. The molecule has 0 aliphatic rings. The predicted molar refractivity (Wildman–Crippen MR) is 68.5 cm³/mol. The van der Waals surface area contributed by atoms with Crippen LogP contribution in [0.25, 0.3) is 0 Å². The largest absolute Gasteiger partial charge is 0.481 e. The van der Waals surface area contributed by atoms with Crippen molar-refractivity contribution in [3.63, 3.8) is 0 Å². The molecular weight excluding hydrogens is 236 g/mol. The Bertz CT molecular complexity index is 269. The van der Waals surface area contributed by atoms with Gasteiger partial charge in [-0.05, 0) is 12.8 Å². The third-order valence-electron chi connectivity index (χ3n) is 2.74. The average Bonchev–Trinajstić information content (AvgIpc) is 2.28. The summed E-state index contributed by atoms with van der Waals surface area (Å²) in [6, 6.07) is -0.596. The van der Waals surface area contributed by atoms with Crippen molar-refractivity contribution in [3.05, 3.63) is 0 Å². The van der Waals surface area contributed by atoms with Crippen LogP contribution in [-0.2, 0) is 9.53 Å². The Morgan fingerprint density at radius 3 is 2.39 bits per heavy atom. The first-order chi connectivity index (χ1) is 8.42. The van der Waals surface area contributed by atoms with Crippen LogP contribution in [0.4, 0.5) is 4.79 Å². The van der Waals surface area contributed by atoms with Gasteiger partial charge in [-0.3, -0.25) is 4.79 Å². The molecule has 6 nitrogen and oxygen atoms in total. The summed E-state index contributed by atoms with van der Waals surface area (Å²) < 4.78 is 4.93. The molecule has 0 rings (SSSR count). The summed E-state index contributed by atoms with van der Waals surface area (Å²) >= 11 is 0. The van der Waals surface area contributed by atoms with E-state index in [1.165, 1.54) is 0 Å². The quantitative estimate of drug-likeness (QED) is 0.686. The number of amides is 2. The number of aliphatic carboxylic acids is 1. The van der Waals surface area contributed by atoms with Gasteiger partial charge in [-0.15, -0.1) is 0 Å². The smallest absolute Gasteiger partial charge is 0.317 e. The molecule has 18 heavy (non-hydrogen) atoms. The summed E-state index contributed by atoms with van der Waals surface area (Å²) in [6.45, 7) is 7.17. The SMILES string of the molecule is CCN(CCOC)C(=O)NC(CC(=O)O)C(C)C. The number of methoxy groups -OCH3 is 1. The number of likely N-dealkylation sites (N-methyl/N-ethyl adjacent to an activating group) is 1. The van der Waals surface area contributed by atoms with Crippen molar-refractivity contribution in [1.82, 2.24) is 10.2 Å². The van der Waals surface area contributed by atoms with Crippen molar-refractivity contribution in [2.45, 2.75) is 33.2 Å². The van der Waals surface area contributed by atoms with E-state index in [4.69, 9.17) is 9.84 Å². The first kappa shape index (κ1) is 16.7. The van der Waals surface area contributed by atoms with Crippen LogP contribution in [0.3, 0.4) is 0 Å². The molecule has 0 aliphatic heterocycles. The summed E-state index contributed by atoms with van der Waals surface area (Å²) in [7, 11) is 1.58. The Morgan fingerprint density at radius 1 is 1.39 bits per heavy atom. The van der Waals surface area contributed by atoms with E-state index >= 15 is 0 Å². The molecule has 0 radical (unpaired) electrons. The van der Waals surface area contributed by atoms with E-state index in [1.54, 1.807) is 12.0 Å². The van der Waals surface area contributed by atoms with Crippen molar-refractivity contribution < 1.29 is 19.4 Å². The van der Waals surface area contributed by atoms with E-state index in [0.29, 0.717) is 19.7 Å². The Hall–Kier alpha value is -1.30. The number of carbonyl (C=O) groups is 2. The highest BCUT2D eigenvalue weighted by molar-refractivity contribution is 5.76. The van der Waals surface area contributed by atoms with Crippen LogP contribution < -0.4 is 5.32 Å². The fourth-order valence-electron chi connectivity index (χ4n) is 1.50. The number of hydrogen-bond donors (Lipinski definition) is 2. The zero-order valence-corrected chi connectivity index (χ0v) is 11.6. The van der Waals surface area contributed by atoms with Crippen LogP contribution in [0.5, 0.6) is 0 Å². The van der Waals surface area contributed by atoms with E-state index in [-0.39, 0.29) is 24.4 Å². The second kappa shape index (κ2) is 8.74. The van der Waals surface area contributed by atoms with Crippen molar-refractivity contribution in [1.29, 1.82) is 0 Å². The summed E-state index contributed by atoms with van der Waals surface area (Å²) in [4.78, 5) is 24.3. The Labute approximate surface area is 108 Å². The third-order valence-corrected chi connectivity index (χ3v) is 2.74. The highest BCUT2D eigenvalue weighted by atomic mass is 16.5. The van der Waals surface area contributed by atoms with Gasteiger partial charge in [0.1, 0.15) is 0 Å². The van der Waals surface area contributed by atoms with Crippen LogP contribution in [0, 0.1) is 5.92 Å². The number of urea groups is 1. The second-order valence-electron chi connectivity index (χ2n) is 4.47. The third kappa shape index (κ3) is 6.44. The van der Waals surface area contributed by atoms with Gasteiger partial charge in [-0.2, -0.15) is 0 Å². The molecule has 1 unspecified atom stereocenters. The Kier molecular flexibility index (Phi) is 8.11. The molecule has 0 saturated carbocycles. The van der Waals surface area contributed by atoms with Gasteiger partial charge < -0.3 is 20.1 Å². The fraction of sp³-hybridized carbons (Fsp3) is 0.833. The Balaban J connectivity index is 4.41. The fourth-order valence-corrected chi connectivity index (χ4v) is 1.50. The average molecular weight is 260 g/mol. The Morgan fingerprint density at radius 2 is 2.00 bits per heavy atom. The van der Waals surface area contributed by atoms with E-state index in [1.807, 2.05) is 20.8 Å². The number of hydrogen-bond acceptors (Lipinski definition) is 3. The van der Waals surface area contributed by atoms with Gasteiger partial charge in [0.25, 0.3) is 0 Å². The molecule has 1 atom stereocenters. The number of carbonyl (C=O) groups excluding carboxylic acids is 1. The standard InChI is InChI=1S/C12H24N2O4/c1-5-14(6-7-18-4)12(17)13-10(9(2)3)8-11(15)16/h9-10H,5-8H2,1-4H3,(H,13,17)(H,15,16). The molecule has 0 bridgehead atoms. The van der Waals surface area contributed by atoms with Crippen LogP contribution in [0.15, 0.2) is 0 Å². The monoisotopic (exact) mass is 260 g/mol. The molecule has 2 N–H and O–H groups in total. The minimum Gasteiger partial charge on any atom is -0.481 e. The number of rotatable bonds is 8. The first-order valence-corrected chi connectivity index (χ1v) is 6.18. The van der Waals surface area contributed by atoms with Gasteiger partial charge in [-0.25, -0.2) is 4.79 Å². The molecule has 0 aromatic heterocycles. The lowest BCUT2D eigenvalue weighted by atomic mass is 10.0. The molecule has 0 fully saturated rings. The van der Waals surface area contributed by atoms with E-state index in [2.05, 4.69) is 5.32 Å². The molecule has 6 heteroatoms. The number of nitrogens with zero attached hydrogens (tertiary/aromatic N) is 1. The number of ether oxygens (including phenoxy) is 1. The summed E-state index contributed by atoms with van der Waals surface area (Å²) in [6.07, 6.45) is -0.0642. The molecule has 2 amide bonds. The van der Waals surface area contributed by atoms with Gasteiger partial charge in [0, 0.05) is 26.2 Å². The summed E-state index contributed by atoms with van der Waals surface area (Å²) in [5, 5.41) is 11.6. The zero-order valence-electron chi connectivity index (χ0n) is 11.6. The summed E-state index contributed by atoms with van der Waals surface area (Å²) in [5.41, 5.74) is 0. The summed E-state index contributed by atoms with van der Waals surface area (Å²) in [5.74, 6) is -0.833. The van der Waals surface area contributed by atoms with Crippen molar-refractivity contribution in [3.8, 4) is 0 Å². The maximum Gasteiger partial charge on any atom is 0.317 e. The van der Waals surface area contributed by atoms with Crippen LogP contribution in [0.1, 0.15) is 27.2 Å². The maximum absolute atomic E-state index is 11.9. The molecule has 0 heterocycles. The lowest BCUT2D eigenvalue weighted by Crippen LogP contribution is -2.48. The highest BCUT2D eigenvalue weighted by Crippen LogP contribution is 2.07. The molecule has 0 aliphatic carbocycles. The van der Waals surface area contributed by atoms with E-state index < -0.39 is 5.97 Å². The van der Waals surface area contributed by atoms with E-state index in [9.17, 15) is 9.59 Å². The van der Waals surface area contributed by atoms with Crippen LogP contribution >= 0.6 is 0 Å². The van der Waals surface area contributed by atoms with Gasteiger partial charge in [-0.1, -0.05) is 13.8 Å². The van der Waals surface area contributed by atoms with Crippen molar-refractivity contribution in [2.75, 3.05) is 26.8 Å². The van der Waals surface area contributed by atoms with Gasteiger partial charge in [0.2, 0.25) is 0 Å². The molecular formula is C12H24N2O4. The van der Waals surface area contributed by atoms with Gasteiger partial charge >= 0.3 is 12.0 Å². The molecule has 0 aromatic carbocycles. The molecule has 0 saturated heterocycles. The lowest BCUT2D eigenvalue weighted by Gasteiger charge is -2.26. The number of nitrogens with one attached hydrogen (secondary N) is 1. The van der Waals surface area contributed by atoms with Crippen molar-refractivity contribution in [2.24, 2.45) is 5.92 Å². The lowest BCUT2D eigenvalue weighted by molar-refractivity contribution is -0.137. The molecule has 0 spiro atoms. The number of carboxylic acids is 1. The van der Waals surface area contributed by atoms with Crippen molar-refractivity contribution >= 4 is 12.0 Å². The van der Waals surface area contributed by atoms with Gasteiger partial charge in [0.05, 0.1) is 13.0 Å². The highest BCUT2D eigenvalue weighted by Gasteiger charge is 2.21. The maximum atomic E-state index is 11.9. The number of carboxylic acid groups (broad SMARTS) is 1.